The van der Waals surface area contributed by atoms with Gasteiger partial charge < -0.3 is 19.3 Å². The summed E-state index contributed by atoms with van der Waals surface area (Å²) in [6, 6.07) is 5.02. The highest BCUT2D eigenvalue weighted by Gasteiger charge is 2.46. The molecule has 0 radical (unpaired) electrons. The van der Waals surface area contributed by atoms with Crippen molar-refractivity contribution < 1.29 is 24.1 Å². The van der Waals surface area contributed by atoms with Crippen LogP contribution in [-0.4, -0.2) is 44.9 Å². The van der Waals surface area contributed by atoms with Gasteiger partial charge in [-0.25, -0.2) is 0 Å². The van der Waals surface area contributed by atoms with Gasteiger partial charge in [0.1, 0.15) is 16.9 Å². The number of methoxy groups -OCH3 is 2. The summed E-state index contributed by atoms with van der Waals surface area (Å²) in [7, 11) is 3.03. The number of ketones is 1. The Bertz CT molecular complexity index is 445. The largest absolute Gasteiger partial charge is 0.497 e. The van der Waals surface area contributed by atoms with Gasteiger partial charge in [0.25, 0.3) is 0 Å². The Morgan fingerprint density at radius 1 is 1.39 bits per heavy atom. The van der Waals surface area contributed by atoms with Crippen LogP contribution in [0.3, 0.4) is 0 Å². The van der Waals surface area contributed by atoms with Gasteiger partial charge in [0, 0.05) is 0 Å². The lowest BCUT2D eigenvalue weighted by atomic mass is 9.79. The molecule has 0 aliphatic carbocycles. The Morgan fingerprint density at radius 2 is 2.11 bits per heavy atom. The molecule has 2 rings (SSSR count). The number of benzene rings is 1. The lowest BCUT2D eigenvalue weighted by Crippen LogP contribution is -2.51. The molecular formula is C13H16O5. The number of ether oxygens (including phenoxy) is 3. The second-order valence-corrected chi connectivity index (χ2v) is 4.33. The zero-order chi connectivity index (χ0) is 13.2. The van der Waals surface area contributed by atoms with E-state index >= 15 is 0 Å². The first kappa shape index (κ1) is 12.9. The van der Waals surface area contributed by atoms with Crippen molar-refractivity contribution in [2.75, 3.05) is 34.0 Å². The second kappa shape index (κ2) is 4.96. The molecular weight excluding hydrogens is 236 g/mol. The van der Waals surface area contributed by atoms with E-state index in [0.717, 1.165) is 0 Å². The van der Waals surface area contributed by atoms with Crippen molar-refractivity contribution in [2.24, 2.45) is 5.41 Å². The minimum absolute atomic E-state index is 0.174. The molecule has 1 aromatic rings. The predicted molar refractivity (Wildman–Crippen MR) is 64.2 cm³/mol. The molecule has 0 amide bonds. The number of hydrogen-bond acceptors (Lipinski definition) is 5. The molecule has 1 heterocycles. The lowest BCUT2D eigenvalue weighted by Gasteiger charge is -2.38. The van der Waals surface area contributed by atoms with Crippen LogP contribution in [0, 0.1) is 5.41 Å². The van der Waals surface area contributed by atoms with Gasteiger partial charge in [-0.2, -0.15) is 0 Å². The van der Waals surface area contributed by atoms with Crippen molar-refractivity contribution in [1.29, 1.82) is 0 Å². The fourth-order valence-corrected chi connectivity index (χ4v) is 1.92. The molecule has 5 heteroatoms. The zero-order valence-electron chi connectivity index (χ0n) is 10.4. The third kappa shape index (κ3) is 1.95. The van der Waals surface area contributed by atoms with Crippen LogP contribution >= 0.6 is 0 Å². The Hall–Kier alpha value is -1.59. The molecule has 0 atom stereocenters. The van der Waals surface area contributed by atoms with Crippen LogP contribution in [0.2, 0.25) is 0 Å². The molecule has 1 N–H and O–H groups in total. The number of hydrogen-bond donors (Lipinski definition) is 1. The Labute approximate surface area is 105 Å². The van der Waals surface area contributed by atoms with Gasteiger partial charge in [-0.15, -0.1) is 0 Å². The average Bonchev–Trinajstić information content (AvgIpc) is 2.37. The minimum atomic E-state index is -0.834. The maximum atomic E-state index is 12.5. The van der Waals surface area contributed by atoms with E-state index in [-0.39, 0.29) is 25.6 Å². The van der Waals surface area contributed by atoms with Crippen LogP contribution in [0.4, 0.5) is 0 Å². The van der Waals surface area contributed by atoms with Crippen molar-refractivity contribution in [3.63, 3.8) is 0 Å². The summed E-state index contributed by atoms with van der Waals surface area (Å²) in [6.07, 6.45) is 0. The van der Waals surface area contributed by atoms with Gasteiger partial charge in [0.05, 0.1) is 39.6 Å². The first-order chi connectivity index (χ1) is 8.66. The number of rotatable bonds is 5. The van der Waals surface area contributed by atoms with Gasteiger partial charge in [0.15, 0.2) is 5.78 Å². The molecule has 0 unspecified atom stereocenters. The molecule has 0 spiro atoms. The maximum absolute atomic E-state index is 12.5. The van der Waals surface area contributed by atoms with Crippen molar-refractivity contribution in [3.8, 4) is 11.5 Å². The molecule has 1 aliphatic rings. The van der Waals surface area contributed by atoms with E-state index in [1.165, 1.54) is 14.2 Å². The quantitative estimate of drug-likeness (QED) is 0.789. The summed E-state index contributed by atoms with van der Waals surface area (Å²) in [5.41, 5.74) is -0.422. The minimum Gasteiger partial charge on any atom is -0.497 e. The molecule has 98 valence electrons. The molecule has 0 aromatic heterocycles. The van der Waals surface area contributed by atoms with Crippen molar-refractivity contribution in [1.82, 2.24) is 0 Å². The Kier molecular flexibility index (Phi) is 3.54. The second-order valence-electron chi connectivity index (χ2n) is 4.33. The predicted octanol–water partition coefficient (Wildman–Crippen LogP) is 0.895. The highest BCUT2D eigenvalue weighted by molar-refractivity contribution is 6.03. The van der Waals surface area contributed by atoms with Crippen molar-refractivity contribution in [3.05, 3.63) is 23.8 Å². The number of Topliss-reactive ketones (excluding diaryl/α,β-unsaturated/α-hetero) is 1. The highest BCUT2D eigenvalue weighted by atomic mass is 16.5. The first-order valence-corrected chi connectivity index (χ1v) is 5.62. The fraction of sp³-hybridized carbons (Fsp3) is 0.462. The van der Waals surface area contributed by atoms with Crippen LogP contribution in [0.15, 0.2) is 18.2 Å². The molecule has 1 fully saturated rings. The summed E-state index contributed by atoms with van der Waals surface area (Å²) in [5.74, 6) is 0.875. The maximum Gasteiger partial charge on any atom is 0.179 e. The van der Waals surface area contributed by atoms with Crippen LogP contribution in [0.1, 0.15) is 10.4 Å². The molecule has 1 aliphatic heterocycles. The van der Waals surface area contributed by atoms with Crippen LogP contribution in [0.5, 0.6) is 11.5 Å². The van der Waals surface area contributed by atoms with Gasteiger partial charge >= 0.3 is 0 Å². The molecule has 1 aromatic carbocycles. The summed E-state index contributed by atoms with van der Waals surface area (Å²) < 4.78 is 15.3. The Balaban J connectivity index is 2.39. The third-order valence-electron chi connectivity index (χ3n) is 3.19. The summed E-state index contributed by atoms with van der Waals surface area (Å²) in [6.45, 7) is 0.248. The van der Waals surface area contributed by atoms with E-state index in [1.54, 1.807) is 18.2 Å². The fourth-order valence-electron chi connectivity index (χ4n) is 1.92. The Morgan fingerprint density at radius 3 is 2.56 bits per heavy atom. The molecule has 0 bridgehead atoms. The summed E-state index contributed by atoms with van der Waals surface area (Å²) in [4.78, 5) is 12.5. The van der Waals surface area contributed by atoms with Crippen LogP contribution in [0.25, 0.3) is 0 Å². The van der Waals surface area contributed by atoms with Crippen molar-refractivity contribution in [2.45, 2.75) is 0 Å². The van der Waals surface area contributed by atoms with E-state index in [9.17, 15) is 9.90 Å². The lowest BCUT2D eigenvalue weighted by molar-refractivity contribution is -0.109. The van der Waals surface area contributed by atoms with Gasteiger partial charge in [-0.05, 0) is 18.2 Å². The third-order valence-corrected chi connectivity index (χ3v) is 3.19. The van der Waals surface area contributed by atoms with Crippen LogP contribution < -0.4 is 9.47 Å². The SMILES string of the molecule is COc1ccc(OC)c(C(=O)C2(CO)COC2)c1. The number of carbonyl (C=O) groups excluding carboxylic acids is 1. The molecule has 5 nitrogen and oxygen atoms in total. The zero-order valence-corrected chi connectivity index (χ0v) is 10.4. The summed E-state index contributed by atoms with van der Waals surface area (Å²) >= 11 is 0. The normalized spacial score (nSPS) is 16.8. The average molecular weight is 252 g/mol. The van der Waals surface area contributed by atoms with Gasteiger partial charge in [-0.3, -0.25) is 4.79 Å². The number of carbonyl (C=O) groups is 1. The topological polar surface area (TPSA) is 65.0 Å². The monoisotopic (exact) mass is 252 g/mol. The standard InChI is InChI=1S/C13H16O5/c1-16-9-3-4-11(17-2)10(5-9)12(15)13(6-14)7-18-8-13/h3-5,14H,6-8H2,1-2H3. The van der Waals surface area contributed by atoms with E-state index in [0.29, 0.717) is 17.1 Å². The van der Waals surface area contributed by atoms with Gasteiger partial charge in [-0.1, -0.05) is 0 Å². The van der Waals surface area contributed by atoms with E-state index in [4.69, 9.17) is 14.2 Å². The van der Waals surface area contributed by atoms with E-state index in [2.05, 4.69) is 0 Å². The molecule has 1 saturated heterocycles. The highest BCUT2D eigenvalue weighted by Crippen LogP contribution is 2.35. The molecule has 18 heavy (non-hydrogen) atoms. The van der Waals surface area contributed by atoms with Crippen molar-refractivity contribution >= 4 is 5.78 Å². The number of aliphatic hydroxyl groups excluding tert-OH is 1. The van der Waals surface area contributed by atoms with E-state index in [1.807, 2.05) is 0 Å². The molecule has 0 saturated carbocycles. The summed E-state index contributed by atoms with van der Waals surface area (Å²) in [5, 5.41) is 9.39. The van der Waals surface area contributed by atoms with Gasteiger partial charge in [0.2, 0.25) is 0 Å². The number of aliphatic hydroxyl groups is 1. The smallest absolute Gasteiger partial charge is 0.179 e. The van der Waals surface area contributed by atoms with Crippen LogP contribution in [-0.2, 0) is 4.74 Å². The first-order valence-electron chi connectivity index (χ1n) is 5.62. The van der Waals surface area contributed by atoms with E-state index < -0.39 is 5.41 Å².